The zero-order chi connectivity index (χ0) is 17.7. The lowest BCUT2D eigenvalue weighted by atomic mass is 10.2. The lowest BCUT2D eigenvalue weighted by Gasteiger charge is -2.11. The molecule has 8 heteroatoms. The maximum absolute atomic E-state index is 13.7. The normalized spacial score (nSPS) is 11.2. The van der Waals surface area contributed by atoms with Crippen LogP contribution < -0.4 is 14.6 Å². The highest BCUT2D eigenvalue weighted by Crippen LogP contribution is 2.17. The van der Waals surface area contributed by atoms with Crippen molar-refractivity contribution in [3.63, 3.8) is 0 Å². The number of aromatic carboxylic acids is 1. The summed E-state index contributed by atoms with van der Waals surface area (Å²) in [6.07, 6.45) is 0. The van der Waals surface area contributed by atoms with Gasteiger partial charge in [-0.25, -0.2) is 17.5 Å². The van der Waals surface area contributed by atoms with E-state index in [1.54, 1.807) is 12.1 Å². The van der Waals surface area contributed by atoms with E-state index in [0.717, 1.165) is 23.8 Å². The highest BCUT2D eigenvalue weighted by atomic mass is 32.2. The topological polar surface area (TPSA) is 95.5 Å². The number of para-hydroxylation sites is 1. The molecule has 0 atom stereocenters. The molecule has 0 aliphatic carbocycles. The molecule has 1 N–H and O–H groups in total. The number of carboxylic acids is 1. The molecule has 0 radical (unpaired) electrons. The number of carbonyl (C=O) groups excluding carboxylic acids is 1. The number of ether oxygens (including phenoxy) is 1. The molecule has 0 unspecified atom stereocenters. The molecular weight excluding hydrogens is 337 g/mol. The highest BCUT2D eigenvalue weighted by Gasteiger charge is 2.19. The Morgan fingerprint density at radius 3 is 2.62 bits per heavy atom. The Bertz CT molecular complexity index is 851. The minimum Gasteiger partial charge on any atom is -0.545 e. The van der Waals surface area contributed by atoms with Gasteiger partial charge in [0.25, 0.3) is 0 Å². The molecule has 0 spiro atoms. The fraction of sp³-hybridized carbons (Fsp3) is 0.188. The van der Waals surface area contributed by atoms with Crippen molar-refractivity contribution in [3.8, 4) is 5.75 Å². The van der Waals surface area contributed by atoms with Gasteiger partial charge in [0.15, 0.2) is 0 Å². The van der Waals surface area contributed by atoms with E-state index in [0.29, 0.717) is 5.75 Å². The Kier molecular flexibility index (Phi) is 5.53. The first-order valence-electron chi connectivity index (χ1n) is 7.00. The van der Waals surface area contributed by atoms with Crippen molar-refractivity contribution in [1.29, 1.82) is 0 Å². The zero-order valence-corrected chi connectivity index (χ0v) is 13.6. The summed E-state index contributed by atoms with van der Waals surface area (Å²) in [5.74, 6) is -2.02. The van der Waals surface area contributed by atoms with Crippen LogP contribution >= 0.6 is 0 Å². The molecule has 2 rings (SSSR count). The number of sulfonamides is 1. The van der Waals surface area contributed by atoms with Crippen LogP contribution in [0, 0.1) is 12.7 Å². The maximum Gasteiger partial charge on any atom is 0.243 e. The molecule has 0 aliphatic heterocycles. The number of carbonyl (C=O) groups is 1. The Labute approximate surface area is 138 Å². The number of nitrogens with one attached hydrogen (secondary N) is 1. The number of aryl methyl sites for hydroxylation is 1. The third-order valence-corrected chi connectivity index (χ3v) is 4.68. The summed E-state index contributed by atoms with van der Waals surface area (Å²) in [4.78, 5) is 10.0. The summed E-state index contributed by atoms with van der Waals surface area (Å²) in [6.45, 7) is 1.78. The van der Waals surface area contributed by atoms with Gasteiger partial charge in [-0.2, -0.15) is 0 Å². The van der Waals surface area contributed by atoms with E-state index in [1.165, 1.54) is 0 Å². The highest BCUT2D eigenvalue weighted by molar-refractivity contribution is 7.89. The molecule has 0 bridgehead atoms. The monoisotopic (exact) mass is 352 g/mol. The number of hydrogen-bond donors (Lipinski definition) is 1. The first-order valence-corrected chi connectivity index (χ1v) is 8.48. The average Bonchev–Trinajstić information content (AvgIpc) is 2.53. The van der Waals surface area contributed by atoms with Crippen molar-refractivity contribution in [3.05, 3.63) is 59.4 Å². The van der Waals surface area contributed by atoms with Crippen molar-refractivity contribution >= 4 is 16.0 Å². The van der Waals surface area contributed by atoms with Crippen molar-refractivity contribution < 1.29 is 27.4 Å². The van der Waals surface area contributed by atoms with Gasteiger partial charge in [0.2, 0.25) is 10.0 Å². The van der Waals surface area contributed by atoms with Crippen molar-refractivity contribution in [2.24, 2.45) is 0 Å². The molecule has 128 valence electrons. The van der Waals surface area contributed by atoms with E-state index >= 15 is 0 Å². The van der Waals surface area contributed by atoms with E-state index in [2.05, 4.69) is 4.72 Å². The Morgan fingerprint density at radius 1 is 1.25 bits per heavy atom. The first kappa shape index (κ1) is 17.9. The number of hydrogen-bond acceptors (Lipinski definition) is 5. The van der Waals surface area contributed by atoms with Gasteiger partial charge in [0.1, 0.15) is 23.1 Å². The van der Waals surface area contributed by atoms with Crippen LogP contribution in [0.1, 0.15) is 15.9 Å². The van der Waals surface area contributed by atoms with Crippen LogP contribution in [-0.2, 0) is 10.0 Å². The van der Waals surface area contributed by atoms with Crippen LogP contribution in [0.25, 0.3) is 0 Å². The van der Waals surface area contributed by atoms with Gasteiger partial charge in [0.05, 0.1) is 5.97 Å². The molecular formula is C16H15FNO5S-. The standard InChI is InChI=1S/C16H16FNO5S/c1-11-4-2-3-5-14(11)23-9-8-18-24(21,22)15-10-12(16(19)20)6-7-13(15)17/h2-7,10,18H,8-9H2,1H3,(H,19,20)/p-1. The van der Waals surface area contributed by atoms with Gasteiger partial charge in [-0.15, -0.1) is 0 Å². The van der Waals surface area contributed by atoms with E-state index in [-0.39, 0.29) is 13.2 Å². The van der Waals surface area contributed by atoms with E-state index in [1.807, 2.05) is 19.1 Å². The molecule has 2 aromatic carbocycles. The molecule has 0 aliphatic rings. The summed E-state index contributed by atoms with van der Waals surface area (Å²) in [5, 5.41) is 10.8. The van der Waals surface area contributed by atoms with Crippen LogP contribution in [0.4, 0.5) is 4.39 Å². The summed E-state index contributed by atoms with van der Waals surface area (Å²) in [7, 11) is -4.21. The van der Waals surface area contributed by atoms with Crippen molar-refractivity contribution in [1.82, 2.24) is 4.72 Å². The lowest BCUT2D eigenvalue weighted by molar-refractivity contribution is -0.255. The third kappa shape index (κ3) is 4.30. The predicted molar refractivity (Wildman–Crippen MR) is 82.6 cm³/mol. The second kappa shape index (κ2) is 7.41. The van der Waals surface area contributed by atoms with Crippen LogP contribution in [0.5, 0.6) is 5.75 Å². The van der Waals surface area contributed by atoms with Gasteiger partial charge in [0, 0.05) is 6.54 Å². The second-order valence-corrected chi connectivity index (χ2v) is 6.68. The van der Waals surface area contributed by atoms with Crippen molar-refractivity contribution in [2.75, 3.05) is 13.2 Å². The maximum atomic E-state index is 13.7. The minimum atomic E-state index is -4.21. The molecule has 24 heavy (non-hydrogen) atoms. The average molecular weight is 352 g/mol. The fourth-order valence-corrected chi connectivity index (χ4v) is 3.08. The van der Waals surface area contributed by atoms with Crippen LogP contribution in [0.15, 0.2) is 47.4 Å². The number of rotatable bonds is 7. The summed E-state index contributed by atoms with van der Waals surface area (Å²) in [6, 6.07) is 9.64. The Morgan fingerprint density at radius 2 is 1.96 bits per heavy atom. The molecule has 0 saturated heterocycles. The summed E-state index contributed by atoms with van der Waals surface area (Å²) >= 11 is 0. The van der Waals surface area contributed by atoms with Gasteiger partial charge in [-0.05, 0) is 36.2 Å². The van der Waals surface area contributed by atoms with Gasteiger partial charge in [-0.3, -0.25) is 0 Å². The molecule has 0 heterocycles. The quantitative estimate of drug-likeness (QED) is 0.746. The Hall–Kier alpha value is -2.45. The second-order valence-electron chi connectivity index (χ2n) is 4.94. The van der Waals surface area contributed by atoms with Gasteiger partial charge >= 0.3 is 0 Å². The van der Waals surface area contributed by atoms with Crippen LogP contribution in [-0.4, -0.2) is 27.5 Å². The first-order chi connectivity index (χ1) is 11.3. The summed E-state index contributed by atoms with van der Waals surface area (Å²) in [5.41, 5.74) is 0.473. The molecule has 6 nitrogen and oxygen atoms in total. The van der Waals surface area contributed by atoms with Crippen LogP contribution in [0.3, 0.4) is 0 Å². The number of benzene rings is 2. The number of carboxylic acid groups (broad SMARTS) is 1. The SMILES string of the molecule is Cc1ccccc1OCCNS(=O)(=O)c1cc(C(=O)[O-])ccc1F. The van der Waals surface area contributed by atoms with Crippen LogP contribution in [0.2, 0.25) is 0 Å². The molecule has 0 aromatic heterocycles. The molecule has 0 saturated carbocycles. The smallest absolute Gasteiger partial charge is 0.243 e. The fourth-order valence-electron chi connectivity index (χ4n) is 1.97. The summed E-state index contributed by atoms with van der Waals surface area (Å²) < 4.78 is 45.5. The van der Waals surface area contributed by atoms with Gasteiger partial charge < -0.3 is 14.6 Å². The largest absolute Gasteiger partial charge is 0.545 e. The lowest BCUT2D eigenvalue weighted by Crippen LogP contribution is -2.30. The zero-order valence-electron chi connectivity index (χ0n) is 12.8. The van der Waals surface area contributed by atoms with E-state index in [4.69, 9.17) is 4.74 Å². The Balaban J connectivity index is 2.03. The minimum absolute atomic E-state index is 0.0336. The third-order valence-electron chi connectivity index (χ3n) is 3.20. The van der Waals surface area contributed by atoms with E-state index in [9.17, 15) is 22.7 Å². The molecule has 2 aromatic rings. The van der Waals surface area contributed by atoms with E-state index < -0.39 is 32.3 Å². The predicted octanol–water partition coefficient (Wildman–Crippen LogP) is 0.855. The van der Waals surface area contributed by atoms with Crippen molar-refractivity contribution in [2.45, 2.75) is 11.8 Å². The van der Waals surface area contributed by atoms with Gasteiger partial charge in [-0.1, -0.05) is 24.3 Å². The molecule has 0 amide bonds. The number of halogens is 1. The molecule has 0 fully saturated rings.